The number of hydrogen-bond acceptors (Lipinski definition) is 5. The normalized spacial score (nSPS) is 13.9. The molecule has 154 valence electrons. The van der Waals surface area contributed by atoms with Gasteiger partial charge in [0.2, 0.25) is 0 Å². The average Bonchev–Trinajstić information content (AvgIpc) is 2.78. The zero-order valence-corrected chi connectivity index (χ0v) is 17.3. The van der Waals surface area contributed by atoms with Gasteiger partial charge in [-0.3, -0.25) is 4.79 Å². The Balaban J connectivity index is 1.45. The van der Waals surface area contributed by atoms with Crippen molar-refractivity contribution in [2.75, 3.05) is 37.7 Å². The predicted molar refractivity (Wildman–Crippen MR) is 116 cm³/mol. The lowest BCUT2D eigenvalue weighted by Gasteiger charge is -2.37. The van der Waals surface area contributed by atoms with Crippen LogP contribution in [0.2, 0.25) is 0 Å². The van der Waals surface area contributed by atoms with Crippen LogP contribution in [0.4, 0.5) is 5.69 Å². The minimum Gasteiger partial charge on any atom is -0.452 e. The molecule has 0 aromatic heterocycles. The van der Waals surface area contributed by atoms with Crippen LogP contribution in [0.3, 0.4) is 0 Å². The first-order chi connectivity index (χ1) is 14.5. The molecule has 3 rings (SSSR count). The van der Waals surface area contributed by atoms with Crippen LogP contribution in [0.1, 0.15) is 22.3 Å². The zero-order chi connectivity index (χ0) is 21.5. The van der Waals surface area contributed by atoms with E-state index < -0.39 is 5.97 Å². The number of carbonyl (C=O) groups is 2. The first-order valence-corrected chi connectivity index (χ1v) is 9.92. The summed E-state index contributed by atoms with van der Waals surface area (Å²) in [5, 5.41) is 8.79. The summed E-state index contributed by atoms with van der Waals surface area (Å²) >= 11 is 0. The molecule has 1 heterocycles. The number of carbonyl (C=O) groups excluding carboxylic acids is 2. The Morgan fingerprint density at radius 1 is 1.07 bits per heavy atom. The molecular weight excluding hydrogens is 378 g/mol. The lowest BCUT2D eigenvalue weighted by atomic mass is 10.1. The van der Waals surface area contributed by atoms with Gasteiger partial charge in [0, 0.05) is 37.9 Å². The summed E-state index contributed by atoms with van der Waals surface area (Å²) in [6.45, 7) is 6.66. The van der Waals surface area contributed by atoms with Gasteiger partial charge in [0.05, 0.1) is 11.6 Å². The molecule has 0 spiro atoms. The van der Waals surface area contributed by atoms with Crippen LogP contribution in [0, 0.1) is 25.2 Å². The monoisotopic (exact) mass is 403 g/mol. The van der Waals surface area contributed by atoms with Gasteiger partial charge < -0.3 is 14.5 Å². The summed E-state index contributed by atoms with van der Waals surface area (Å²) in [5.74, 6) is -0.752. The van der Waals surface area contributed by atoms with Crippen LogP contribution < -0.4 is 4.90 Å². The molecule has 0 saturated carbocycles. The van der Waals surface area contributed by atoms with E-state index in [1.807, 2.05) is 6.07 Å². The second kappa shape index (κ2) is 9.75. The highest BCUT2D eigenvalue weighted by Crippen LogP contribution is 2.23. The summed E-state index contributed by atoms with van der Waals surface area (Å²) in [6.07, 6.45) is 2.88. The highest BCUT2D eigenvalue weighted by molar-refractivity contribution is 5.89. The second-order valence-electron chi connectivity index (χ2n) is 7.26. The first kappa shape index (κ1) is 21.1. The number of amides is 1. The average molecular weight is 403 g/mol. The van der Waals surface area contributed by atoms with E-state index in [0.717, 1.165) is 18.7 Å². The molecule has 0 unspecified atom stereocenters. The SMILES string of the molecule is Cc1cccc(N2CCN(C(=O)COC(=O)/C=C/c3ccc(C#N)cc3)CC2)c1C. The summed E-state index contributed by atoms with van der Waals surface area (Å²) in [5.41, 5.74) is 5.06. The lowest BCUT2D eigenvalue weighted by Crippen LogP contribution is -2.50. The van der Waals surface area contributed by atoms with Crippen LogP contribution in [-0.4, -0.2) is 49.6 Å². The number of anilines is 1. The van der Waals surface area contributed by atoms with Crippen molar-refractivity contribution in [2.45, 2.75) is 13.8 Å². The van der Waals surface area contributed by atoms with Gasteiger partial charge in [-0.15, -0.1) is 0 Å². The molecule has 1 amide bonds. The standard InChI is InChI=1S/C24H25N3O3/c1-18-4-3-5-22(19(18)2)26-12-14-27(15-13-26)23(28)17-30-24(29)11-10-20-6-8-21(16-25)9-7-20/h3-11H,12-15,17H2,1-2H3/b11-10+. The first-order valence-electron chi connectivity index (χ1n) is 9.92. The molecule has 6 nitrogen and oxygen atoms in total. The number of ether oxygens (including phenoxy) is 1. The third-order valence-corrected chi connectivity index (χ3v) is 5.34. The second-order valence-corrected chi connectivity index (χ2v) is 7.26. The topological polar surface area (TPSA) is 73.6 Å². The fraction of sp³-hybridized carbons (Fsp3) is 0.292. The molecular formula is C24H25N3O3. The fourth-order valence-electron chi connectivity index (χ4n) is 3.38. The lowest BCUT2D eigenvalue weighted by molar-refractivity contribution is -0.148. The number of rotatable bonds is 5. The van der Waals surface area contributed by atoms with Gasteiger partial charge in [0.25, 0.3) is 5.91 Å². The highest BCUT2D eigenvalue weighted by atomic mass is 16.5. The van der Waals surface area contributed by atoms with E-state index in [2.05, 4.69) is 36.9 Å². The van der Waals surface area contributed by atoms with E-state index in [1.54, 1.807) is 35.2 Å². The van der Waals surface area contributed by atoms with Crippen molar-refractivity contribution in [1.29, 1.82) is 5.26 Å². The number of nitriles is 1. The van der Waals surface area contributed by atoms with Crippen molar-refractivity contribution in [3.05, 3.63) is 70.8 Å². The van der Waals surface area contributed by atoms with Gasteiger partial charge in [0.15, 0.2) is 6.61 Å². The summed E-state index contributed by atoms with van der Waals surface area (Å²) < 4.78 is 5.09. The number of hydrogen-bond donors (Lipinski definition) is 0. The molecule has 1 aliphatic heterocycles. The molecule has 2 aromatic carbocycles. The van der Waals surface area contributed by atoms with E-state index >= 15 is 0 Å². The van der Waals surface area contributed by atoms with Crippen LogP contribution >= 0.6 is 0 Å². The Hall–Kier alpha value is -3.59. The van der Waals surface area contributed by atoms with Crippen LogP contribution in [-0.2, 0) is 14.3 Å². The number of aryl methyl sites for hydroxylation is 1. The molecule has 0 aliphatic carbocycles. The van der Waals surface area contributed by atoms with E-state index in [1.165, 1.54) is 22.9 Å². The van der Waals surface area contributed by atoms with Gasteiger partial charge in [-0.25, -0.2) is 4.79 Å². The van der Waals surface area contributed by atoms with Crippen molar-refractivity contribution in [2.24, 2.45) is 0 Å². The van der Waals surface area contributed by atoms with E-state index in [9.17, 15) is 9.59 Å². The molecule has 0 N–H and O–H groups in total. The van der Waals surface area contributed by atoms with Gasteiger partial charge in [-0.2, -0.15) is 5.26 Å². The number of nitrogens with zero attached hydrogens (tertiary/aromatic N) is 3. The van der Waals surface area contributed by atoms with E-state index in [4.69, 9.17) is 10.00 Å². The maximum atomic E-state index is 12.4. The quantitative estimate of drug-likeness (QED) is 0.567. The largest absolute Gasteiger partial charge is 0.452 e. The Bertz CT molecular complexity index is 982. The molecule has 1 saturated heterocycles. The fourth-order valence-corrected chi connectivity index (χ4v) is 3.38. The molecule has 0 radical (unpaired) electrons. The van der Waals surface area contributed by atoms with Crippen LogP contribution in [0.5, 0.6) is 0 Å². The molecule has 30 heavy (non-hydrogen) atoms. The molecule has 0 bridgehead atoms. The van der Waals surface area contributed by atoms with E-state index in [0.29, 0.717) is 18.7 Å². The third kappa shape index (κ3) is 5.26. The Kier molecular flexibility index (Phi) is 6.87. The molecule has 2 aromatic rings. The van der Waals surface area contributed by atoms with Crippen molar-refractivity contribution in [3.63, 3.8) is 0 Å². The minimum absolute atomic E-state index is 0.185. The van der Waals surface area contributed by atoms with Crippen molar-refractivity contribution >= 4 is 23.6 Å². The Morgan fingerprint density at radius 3 is 2.43 bits per heavy atom. The number of piperazine rings is 1. The van der Waals surface area contributed by atoms with Gasteiger partial charge in [0.1, 0.15) is 0 Å². The maximum Gasteiger partial charge on any atom is 0.331 e. The van der Waals surface area contributed by atoms with Gasteiger partial charge in [-0.1, -0.05) is 24.3 Å². The van der Waals surface area contributed by atoms with Crippen molar-refractivity contribution in [1.82, 2.24) is 4.90 Å². The molecule has 1 aliphatic rings. The molecule has 0 atom stereocenters. The van der Waals surface area contributed by atoms with Crippen LogP contribution in [0.25, 0.3) is 6.08 Å². The summed E-state index contributed by atoms with van der Waals surface area (Å²) in [7, 11) is 0. The molecule has 1 fully saturated rings. The smallest absolute Gasteiger partial charge is 0.331 e. The third-order valence-electron chi connectivity index (χ3n) is 5.34. The predicted octanol–water partition coefficient (Wildman–Crippen LogP) is 3.08. The van der Waals surface area contributed by atoms with Crippen molar-refractivity contribution in [3.8, 4) is 6.07 Å². The van der Waals surface area contributed by atoms with Crippen molar-refractivity contribution < 1.29 is 14.3 Å². The zero-order valence-electron chi connectivity index (χ0n) is 17.3. The minimum atomic E-state index is -0.568. The Morgan fingerprint density at radius 2 is 1.77 bits per heavy atom. The van der Waals surface area contributed by atoms with Crippen LogP contribution in [0.15, 0.2) is 48.5 Å². The van der Waals surface area contributed by atoms with Gasteiger partial charge in [-0.05, 0) is 54.8 Å². The summed E-state index contributed by atoms with van der Waals surface area (Å²) in [6, 6.07) is 15.1. The number of esters is 1. The maximum absolute atomic E-state index is 12.4. The van der Waals surface area contributed by atoms with E-state index in [-0.39, 0.29) is 12.5 Å². The Labute approximate surface area is 177 Å². The highest BCUT2D eigenvalue weighted by Gasteiger charge is 2.22. The molecule has 6 heteroatoms. The van der Waals surface area contributed by atoms with Gasteiger partial charge >= 0.3 is 5.97 Å². The number of benzene rings is 2. The summed E-state index contributed by atoms with van der Waals surface area (Å²) in [4.78, 5) is 28.3.